The summed E-state index contributed by atoms with van der Waals surface area (Å²) in [5.41, 5.74) is 0.848. The highest BCUT2D eigenvalue weighted by atomic mass is 16.6. The number of non-ortho nitro benzene ring substituents is 1. The van der Waals surface area contributed by atoms with Crippen LogP contribution < -0.4 is 10.6 Å². The highest BCUT2D eigenvalue weighted by molar-refractivity contribution is 5.96. The Hall–Kier alpha value is -4.84. The summed E-state index contributed by atoms with van der Waals surface area (Å²) in [5.74, 6) is -2.18. The van der Waals surface area contributed by atoms with Crippen molar-refractivity contribution < 1.29 is 34.9 Å². The molecule has 0 aliphatic rings. The molecule has 0 atom stereocenters. The predicted octanol–water partition coefficient (Wildman–Crippen LogP) is 1.97. The van der Waals surface area contributed by atoms with E-state index in [1.807, 2.05) is 0 Å². The van der Waals surface area contributed by atoms with Crippen LogP contribution in [-0.2, 0) is 17.9 Å². The molecule has 37 heavy (non-hydrogen) atoms. The zero-order valence-corrected chi connectivity index (χ0v) is 19.6. The number of nitro benzene ring substituents is 1. The first-order valence-electron chi connectivity index (χ1n) is 11.2. The number of nitro groups is 1. The lowest BCUT2D eigenvalue weighted by atomic mass is 10.1. The van der Waals surface area contributed by atoms with Crippen LogP contribution in [0.1, 0.15) is 21.5 Å². The van der Waals surface area contributed by atoms with E-state index >= 15 is 0 Å². The summed E-state index contributed by atoms with van der Waals surface area (Å²) in [4.78, 5) is 36.3. The Labute approximate surface area is 211 Å². The number of nitrogens with zero attached hydrogens (tertiary/aromatic N) is 2. The smallest absolute Gasteiger partial charge is 0.269 e. The Kier molecular flexibility index (Phi) is 8.84. The molecule has 0 unspecified atom stereocenters. The van der Waals surface area contributed by atoms with Gasteiger partial charge in [0.15, 0.2) is 23.0 Å². The van der Waals surface area contributed by atoms with Crippen molar-refractivity contribution in [2.45, 2.75) is 13.1 Å². The lowest BCUT2D eigenvalue weighted by Crippen LogP contribution is -2.40. The highest BCUT2D eigenvalue weighted by Crippen LogP contribution is 2.32. The molecule has 0 fully saturated rings. The van der Waals surface area contributed by atoms with Crippen molar-refractivity contribution in [1.29, 1.82) is 0 Å². The average Bonchev–Trinajstić information content (AvgIpc) is 2.88. The first-order chi connectivity index (χ1) is 17.7. The maximum atomic E-state index is 12.2. The Morgan fingerprint density at radius 3 is 1.86 bits per heavy atom. The number of phenolic OH excluding ortho intramolecular Hbond substituents is 4. The number of carbonyl (C=O) groups is 2. The zero-order valence-electron chi connectivity index (χ0n) is 19.6. The van der Waals surface area contributed by atoms with Gasteiger partial charge in [-0.15, -0.1) is 0 Å². The van der Waals surface area contributed by atoms with Gasteiger partial charge in [-0.3, -0.25) is 24.6 Å². The summed E-state index contributed by atoms with van der Waals surface area (Å²) in [5, 5.41) is 55.7. The van der Waals surface area contributed by atoms with Crippen LogP contribution in [0.4, 0.5) is 5.69 Å². The van der Waals surface area contributed by atoms with Gasteiger partial charge in [-0.1, -0.05) is 24.3 Å². The summed E-state index contributed by atoms with van der Waals surface area (Å²) in [6.45, 7) is 0.387. The first kappa shape index (κ1) is 26.8. The number of para-hydroxylation sites is 2. The van der Waals surface area contributed by atoms with E-state index in [4.69, 9.17) is 0 Å². The number of hydrogen-bond acceptors (Lipinski definition) is 9. The van der Waals surface area contributed by atoms with Crippen LogP contribution in [0.5, 0.6) is 23.0 Å². The van der Waals surface area contributed by atoms with Gasteiger partial charge in [0.2, 0.25) is 5.91 Å². The van der Waals surface area contributed by atoms with Crippen molar-refractivity contribution in [3.63, 3.8) is 0 Å². The van der Waals surface area contributed by atoms with Gasteiger partial charge in [0, 0.05) is 55.0 Å². The van der Waals surface area contributed by atoms with E-state index in [9.17, 15) is 40.1 Å². The minimum Gasteiger partial charge on any atom is -0.504 e. The molecule has 6 N–H and O–H groups in total. The van der Waals surface area contributed by atoms with Crippen molar-refractivity contribution in [3.8, 4) is 23.0 Å². The number of nitrogens with one attached hydrogen (secondary N) is 2. The number of phenols is 4. The lowest BCUT2D eigenvalue weighted by Gasteiger charge is -2.24. The second-order valence-electron chi connectivity index (χ2n) is 8.12. The fourth-order valence-electron chi connectivity index (χ4n) is 3.52. The number of aromatic hydroxyl groups is 4. The molecule has 194 valence electrons. The summed E-state index contributed by atoms with van der Waals surface area (Å²) in [6, 6.07) is 14.0. The maximum absolute atomic E-state index is 12.2. The molecule has 0 aliphatic heterocycles. The Bertz CT molecular complexity index is 1230. The zero-order chi connectivity index (χ0) is 26.9. The van der Waals surface area contributed by atoms with Gasteiger partial charge in [0.1, 0.15) is 0 Å². The largest absolute Gasteiger partial charge is 0.504 e. The molecule has 12 heteroatoms. The molecule has 0 spiro atoms. The minimum absolute atomic E-state index is 0.144. The fourth-order valence-corrected chi connectivity index (χ4v) is 3.52. The van der Waals surface area contributed by atoms with Crippen molar-refractivity contribution in [2.75, 3.05) is 19.6 Å². The lowest BCUT2D eigenvalue weighted by molar-refractivity contribution is -0.384. The second-order valence-corrected chi connectivity index (χ2v) is 8.12. The molecule has 12 nitrogen and oxygen atoms in total. The molecule has 0 heterocycles. The quantitative estimate of drug-likeness (QED) is 0.127. The Balaban J connectivity index is 1.57. The van der Waals surface area contributed by atoms with Crippen LogP contribution in [0.15, 0.2) is 60.7 Å². The van der Waals surface area contributed by atoms with Crippen LogP contribution in [0, 0.1) is 10.1 Å². The molecule has 0 aliphatic carbocycles. The molecule has 3 aromatic rings. The molecule has 0 saturated carbocycles. The molecule has 0 aromatic heterocycles. The molecule has 0 radical (unpaired) electrons. The van der Waals surface area contributed by atoms with Gasteiger partial charge in [0.05, 0.1) is 11.5 Å². The predicted molar refractivity (Wildman–Crippen MR) is 132 cm³/mol. The van der Waals surface area contributed by atoms with Gasteiger partial charge in [0.25, 0.3) is 11.6 Å². The fraction of sp³-hybridized carbons (Fsp3) is 0.200. The SMILES string of the molecule is O=C(CNC(=O)c1ccc([N+](=O)[O-])cc1)NCCN(Cc1cccc(O)c1O)Cc1cccc(O)c1O. The van der Waals surface area contributed by atoms with Crippen LogP contribution in [0.3, 0.4) is 0 Å². The first-order valence-corrected chi connectivity index (χ1v) is 11.2. The van der Waals surface area contributed by atoms with E-state index in [2.05, 4.69) is 10.6 Å². The third-order valence-corrected chi connectivity index (χ3v) is 5.48. The average molecular weight is 511 g/mol. The monoisotopic (exact) mass is 510 g/mol. The van der Waals surface area contributed by atoms with Crippen LogP contribution in [0.25, 0.3) is 0 Å². The molecular weight excluding hydrogens is 484 g/mol. The van der Waals surface area contributed by atoms with Gasteiger partial charge >= 0.3 is 0 Å². The van der Waals surface area contributed by atoms with E-state index in [0.29, 0.717) is 11.1 Å². The van der Waals surface area contributed by atoms with Crippen molar-refractivity contribution in [3.05, 3.63) is 87.5 Å². The second kappa shape index (κ2) is 12.2. The van der Waals surface area contributed by atoms with Crippen LogP contribution in [-0.4, -0.2) is 61.7 Å². The Morgan fingerprint density at radius 1 is 0.811 bits per heavy atom. The van der Waals surface area contributed by atoms with Crippen LogP contribution >= 0.6 is 0 Å². The van der Waals surface area contributed by atoms with Gasteiger partial charge < -0.3 is 31.1 Å². The van der Waals surface area contributed by atoms with E-state index in [1.54, 1.807) is 29.2 Å². The molecule has 2 amide bonds. The number of rotatable bonds is 11. The van der Waals surface area contributed by atoms with Crippen molar-refractivity contribution in [1.82, 2.24) is 15.5 Å². The van der Waals surface area contributed by atoms with Gasteiger partial charge in [-0.2, -0.15) is 0 Å². The van der Waals surface area contributed by atoms with Crippen LogP contribution in [0.2, 0.25) is 0 Å². The van der Waals surface area contributed by atoms with Gasteiger partial charge in [-0.25, -0.2) is 0 Å². The van der Waals surface area contributed by atoms with E-state index in [-0.39, 0.29) is 67.0 Å². The van der Waals surface area contributed by atoms with Crippen molar-refractivity contribution >= 4 is 17.5 Å². The summed E-state index contributed by atoms with van der Waals surface area (Å²) in [7, 11) is 0. The van der Waals surface area contributed by atoms with E-state index in [0.717, 1.165) is 0 Å². The van der Waals surface area contributed by atoms with E-state index < -0.39 is 16.7 Å². The number of amides is 2. The molecule has 3 aromatic carbocycles. The standard InChI is InChI=1S/C25H26N4O8/c30-20-5-1-3-17(23(20)33)14-28(15-18-4-2-6-21(31)24(18)34)12-11-26-22(32)13-27-25(35)16-7-9-19(10-8-16)29(36)37/h1-10,30-31,33-34H,11-15H2,(H,26,32)(H,27,35). The Morgan fingerprint density at radius 2 is 1.35 bits per heavy atom. The summed E-state index contributed by atoms with van der Waals surface area (Å²) >= 11 is 0. The molecular formula is C25H26N4O8. The minimum atomic E-state index is -0.581. The summed E-state index contributed by atoms with van der Waals surface area (Å²) in [6.07, 6.45) is 0. The number of hydrogen-bond donors (Lipinski definition) is 6. The van der Waals surface area contributed by atoms with Crippen molar-refractivity contribution in [2.24, 2.45) is 0 Å². The third-order valence-electron chi connectivity index (χ3n) is 5.48. The maximum Gasteiger partial charge on any atom is 0.269 e. The number of benzene rings is 3. The molecule has 3 rings (SSSR count). The third kappa shape index (κ3) is 7.32. The molecule has 0 bridgehead atoms. The topological polar surface area (TPSA) is 185 Å². The van der Waals surface area contributed by atoms with E-state index in [1.165, 1.54) is 36.4 Å². The number of carbonyl (C=O) groups excluding carboxylic acids is 2. The normalized spacial score (nSPS) is 10.7. The summed E-state index contributed by atoms with van der Waals surface area (Å²) < 4.78 is 0. The van der Waals surface area contributed by atoms with Gasteiger partial charge in [-0.05, 0) is 24.3 Å². The molecule has 0 saturated heterocycles. The highest BCUT2D eigenvalue weighted by Gasteiger charge is 2.16.